The van der Waals surface area contributed by atoms with E-state index in [0.717, 1.165) is 6.07 Å². The van der Waals surface area contributed by atoms with E-state index in [0.29, 0.717) is 13.1 Å². The lowest BCUT2D eigenvalue weighted by atomic mass is 10.2. The highest BCUT2D eigenvalue weighted by atomic mass is 35.5. The Morgan fingerprint density at radius 3 is 2.61 bits per heavy atom. The van der Waals surface area contributed by atoms with Crippen molar-refractivity contribution in [2.75, 3.05) is 20.2 Å². The molecule has 10 heteroatoms. The summed E-state index contributed by atoms with van der Waals surface area (Å²) in [6.45, 7) is 4.56. The molecule has 2 unspecified atom stereocenters. The normalized spacial score (nSPS) is 22.2. The van der Waals surface area contributed by atoms with Gasteiger partial charge in [-0.3, -0.25) is 10.1 Å². The fourth-order valence-corrected chi connectivity index (χ4v) is 4.17. The van der Waals surface area contributed by atoms with E-state index in [9.17, 15) is 18.5 Å². The number of hydrogen-bond acceptors (Lipinski definition) is 6. The van der Waals surface area contributed by atoms with E-state index in [2.05, 4.69) is 5.32 Å². The highest BCUT2D eigenvalue weighted by Crippen LogP contribution is 2.31. The number of piperazine rings is 1. The Hall–Kier alpha value is -1.42. The fourth-order valence-electron chi connectivity index (χ4n) is 2.43. The summed E-state index contributed by atoms with van der Waals surface area (Å²) < 4.78 is 31.8. The van der Waals surface area contributed by atoms with E-state index >= 15 is 0 Å². The first kappa shape index (κ1) is 19.6. The monoisotopic (exact) mass is 365 g/mol. The molecule has 0 spiro atoms. The Labute approximate surface area is 141 Å². The molecule has 23 heavy (non-hydrogen) atoms. The van der Waals surface area contributed by atoms with Crippen molar-refractivity contribution in [2.45, 2.75) is 30.8 Å². The van der Waals surface area contributed by atoms with Gasteiger partial charge >= 0.3 is 5.69 Å². The summed E-state index contributed by atoms with van der Waals surface area (Å²) in [5.74, 6) is 0.0330. The van der Waals surface area contributed by atoms with Gasteiger partial charge in [0.2, 0.25) is 10.0 Å². The molecule has 0 bridgehead atoms. The zero-order valence-electron chi connectivity index (χ0n) is 13.1. The van der Waals surface area contributed by atoms with Crippen molar-refractivity contribution in [1.82, 2.24) is 9.62 Å². The predicted octanol–water partition coefficient (Wildman–Crippen LogP) is 1.40. The second-order valence-electron chi connectivity index (χ2n) is 5.32. The van der Waals surface area contributed by atoms with Crippen LogP contribution in [0.1, 0.15) is 13.8 Å². The fraction of sp³-hybridized carbons (Fsp3) is 0.538. The van der Waals surface area contributed by atoms with E-state index < -0.39 is 14.9 Å². The third kappa shape index (κ3) is 3.92. The number of ether oxygens (including phenoxy) is 1. The van der Waals surface area contributed by atoms with Gasteiger partial charge in [-0.15, -0.1) is 12.4 Å². The predicted molar refractivity (Wildman–Crippen MR) is 87.7 cm³/mol. The van der Waals surface area contributed by atoms with E-state index in [1.165, 1.54) is 23.5 Å². The molecular weight excluding hydrogens is 346 g/mol. The van der Waals surface area contributed by atoms with E-state index in [-0.39, 0.29) is 40.8 Å². The molecule has 0 amide bonds. The number of nitrogens with zero attached hydrogens (tertiary/aromatic N) is 2. The summed E-state index contributed by atoms with van der Waals surface area (Å²) in [7, 11) is -2.49. The second-order valence-corrected chi connectivity index (χ2v) is 7.21. The molecule has 1 N–H and O–H groups in total. The van der Waals surface area contributed by atoms with Crippen LogP contribution in [0.15, 0.2) is 23.1 Å². The first-order valence-electron chi connectivity index (χ1n) is 6.85. The van der Waals surface area contributed by atoms with Crippen molar-refractivity contribution >= 4 is 28.1 Å². The Bertz CT molecular complexity index is 682. The summed E-state index contributed by atoms with van der Waals surface area (Å²) in [6, 6.07) is 3.50. The minimum absolute atomic E-state index is 0. The number of methoxy groups -OCH3 is 1. The van der Waals surface area contributed by atoms with Crippen LogP contribution in [-0.2, 0) is 10.0 Å². The van der Waals surface area contributed by atoms with Crippen molar-refractivity contribution < 1.29 is 18.1 Å². The van der Waals surface area contributed by atoms with Gasteiger partial charge in [-0.05, 0) is 26.0 Å². The maximum Gasteiger partial charge on any atom is 0.312 e. The molecule has 1 aliphatic heterocycles. The molecule has 0 saturated carbocycles. The Morgan fingerprint density at radius 1 is 1.39 bits per heavy atom. The molecular formula is C13H20ClN3O5S. The molecule has 0 aliphatic carbocycles. The number of rotatable bonds is 4. The zero-order chi connectivity index (χ0) is 16.5. The van der Waals surface area contributed by atoms with Gasteiger partial charge in [-0.1, -0.05) is 0 Å². The molecule has 1 aromatic rings. The van der Waals surface area contributed by atoms with Crippen LogP contribution in [0.3, 0.4) is 0 Å². The van der Waals surface area contributed by atoms with Gasteiger partial charge in [0.15, 0.2) is 5.75 Å². The van der Waals surface area contributed by atoms with Gasteiger partial charge in [-0.2, -0.15) is 4.31 Å². The van der Waals surface area contributed by atoms with E-state index in [4.69, 9.17) is 4.74 Å². The number of hydrogen-bond donors (Lipinski definition) is 1. The van der Waals surface area contributed by atoms with Crippen LogP contribution in [-0.4, -0.2) is 49.9 Å². The van der Waals surface area contributed by atoms with Crippen molar-refractivity contribution in [3.05, 3.63) is 28.3 Å². The summed E-state index contributed by atoms with van der Waals surface area (Å²) in [4.78, 5) is 10.3. The highest BCUT2D eigenvalue weighted by Gasteiger charge is 2.34. The largest absolute Gasteiger partial charge is 0.490 e. The van der Waals surface area contributed by atoms with Crippen LogP contribution < -0.4 is 10.1 Å². The lowest BCUT2D eigenvalue weighted by Crippen LogP contribution is -2.56. The summed E-state index contributed by atoms with van der Waals surface area (Å²) in [6.07, 6.45) is 0. The summed E-state index contributed by atoms with van der Waals surface area (Å²) in [5, 5.41) is 14.3. The minimum atomic E-state index is -3.79. The number of nitro benzene ring substituents is 1. The molecule has 0 aromatic heterocycles. The standard InChI is InChI=1S/C13H19N3O5S.ClH/c1-9-8-15(10(2)7-14-9)22(19,20)11-4-5-13(21-3)12(6-11)16(17)18;/h4-6,9-10,14H,7-8H2,1-3H3;1H. The topological polar surface area (TPSA) is 102 Å². The van der Waals surface area contributed by atoms with Gasteiger partial charge in [0.1, 0.15) is 0 Å². The van der Waals surface area contributed by atoms with E-state index in [1.54, 1.807) is 6.92 Å². The Balaban J connectivity index is 0.00000264. The molecule has 1 aromatic carbocycles. The number of sulfonamides is 1. The first-order chi connectivity index (χ1) is 10.3. The molecule has 1 saturated heterocycles. The maximum atomic E-state index is 12.8. The van der Waals surface area contributed by atoms with Gasteiger partial charge < -0.3 is 10.1 Å². The van der Waals surface area contributed by atoms with Crippen LogP contribution in [0.25, 0.3) is 0 Å². The molecule has 130 valence electrons. The molecule has 0 radical (unpaired) electrons. The van der Waals surface area contributed by atoms with Gasteiger partial charge in [0.05, 0.1) is 16.9 Å². The van der Waals surface area contributed by atoms with Gasteiger partial charge in [-0.25, -0.2) is 8.42 Å². The first-order valence-corrected chi connectivity index (χ1v) is 8.29. The second kappa shape index (κ2) is 7.43. The smallest absolute Gasteiger partial charge is 0.312 e. The molecule has 1 heterocycles. The third-order valence-corrected chi connectivity index (χ3v) is 5.64. The number of nitrogens with one attached hydrogen (secondary N) is 1. The van der Waals surface area contributed by atoms with Crippen LogP contribution >= 0.6 is 12.4 Å². The van der Waals surface area contributed by atoms with Crippen LogP contribution in [0.5, 0.6) is 5.75 Å². The summed E-state index contributed by atoms with van der Waals surface area (Å²) in [5.41, 5.74) is -0.362. The average molecular weight is 366 g/mol. The maximum absolute atomic E-state index is 12.8. The molecule has 1 fully saturated rings. The average Bonchev–Trinajstić information content (AvgIpc) is 2.48. The Morgan fingerprint density at radius 2 is 2.04 bits per heavy atom. The summed E-state index contributed by atoms with van der Waals surface area (Å²) >= 11 is 0. The lowest BCUT2D eigenvalue weighted by Gasteiger charge is -2.36. The highest BCUT2D eigenvalue weighted by molar-refractivity contribution is 7.89. The van der Waals surface area contributed by atoms with Gasteiger partial charge in [0, 0.05) is 31.2 Å². The lowest BCUT2D eigenvalue weighted by molar-refractivity contribution is -0.386. The van der Waals surface area contributed by atoms with Crippen LogP contribution in [0.4, 0.5) is 5.69 Å². The van der Waals surface area contributed by atoms with Gasteiger partial charge in [0.25, 0.3) is 0 Å². The van der Waals surface area contributed by atoms with Crippen molar-refractivity contribution in [3.8, 4) is 5.75 Å². The van der Waals surface area contributed by atoms with E-state index in [1.807, 2.05) is 6.92 Å². The number of halogens is 1. The SMILES string of the molecule is COc1ccc(S(=O)(=O)N2CC(C)NCC2C)cc1[N+](=O)[O-].Cl. The number of benzene rings is 1. The number of nitro groups is 1. The van der Waals surface area contributed by atoms with Crippen molar-refractivity contribution in [3.63, 3.8) is 0 Å². The quantitative estimate of drug-likeness (QED) is 0.639. The Kier molecular flexibility index (Phi) is 6.34. The van der Waals surface area contributed by atoms with Crippen LogP contribution in [0.2, 0.25) is 0 Å². The minimum Gasteiger partial charge on any atom is -0.490 e. The van der Waals surface area contributed by atoms with Crippen molar-refractivity contribution in [1.29, 1.82) is 0 Å². The van der Waals surface area contributed by atoms with Crippen LogP contribution in [0, 0.1) is 10.1 Å². The molecule has 1 aliphatic rings. The molecule has 2 rings (SSSR count). The molecule has 2 atom stereocenters. The third-order valence-electron chi connectivity index (χ3n) is 3.66. The van der Waals surface area contributed by atoms with Crippen molar-refractivity contribution in [2.24, 2.45) is 0 Å². The molecule has 8 nitrogen and oxygen atoms in total. The zero-order valence-corrected chi connectivity index (χ0v) is 14.7.